The second-order valence-corrected chi connectivity index (χ2v) is 11.2. The van der Waals surface area contributed by atoms with Crippen LogP contribution in [0.3, 0.4) is 0 Å². The standard InChI is InChI=1S/C26H45ClN2O5S/c1-4-5-6-7-8-9-10-11-12-18-13-14-19(28-16-15-18)25(33)29-20(17(2)27)24-22(31)21(30)23(32)26(34-24)35-3/h11-13,17,19-24,26,28,30-32H,4-10,14-16H2,1-3H3,(H,29,33)/b12-11+/t17-,19-,20+,21?,22?,23+,24+,26?/m0/s1. The maximum absolute atomic E-state index is 13.1. The molecule has 5 N–H and O–H groups in total. The Balaban J connectivity index is 1.90. The van der Waals surface area contributed by atoms with E-state index in [4.69, 9.17) is 16.3 Å². The van der Waals surface area contributed by atoms with Crippen molar-refractivity contribution in [3.05, 3.63) is 23.8 Å². The van der Waals surface area contributed by atoms with Gasteiger partial charge in [-0.15, -0.1) is 23.4 Å². The van der Waals surface area contributed by atoms with Crippen LogP contribution in [0.25, 0.3) is 0 Å². The summed E-state index contributed by atoms with van der Waals surface area (Å²) in [7, 11) is 0. The van der Waals surface area contributed by atoms with Crippen molar-refractivity contribution in [3.8, 4) is 0 Å². The van der Waals surface area contributed by atoms with Crippen LogP contribution in [0, 0.1) is 0 Å². The summed E-state index contributed by atoms with van der Waals surface area (Å²) in [5.74, 6) is -0.229. The Kier molecular flexibility index (Phi) is 14.2. The van der Waals surface area contributed by atoms with Crippen molar-refractivity contribution in [2.24, 2.45) is 0 Å². The van der Waals surface area contributed by atoms with Crippen LogP contribution in [0.2, 0.25) is 0 Å². The van der Waals surface area contributed by atoms with E-state index in [2.05, 4.69) is 35.8 Å². The lowest BCUT2D eigenvalue weighted by atomic mass is 9.93. The van der Waals surface area contributed by atoms with Gasteiger partial charge in [0.05, 0.1) is 17.5 Å². The van der Waals surface area contributed by atoms with Crippen molar-refractivity contribution in [1.29, 1.82) is 0 Å². The zero-order chi connectivity index (χ0) is 25.8. The average Bonchev–Trinajstić information content (AvgIpc) is 3.09. The predicted molar refractivity (Wildman–Crippen MR) is 144 cm³/mol. The molecule has 202 valence electrons. The highest BCUT2D eigenvalue weighted by Crippen LogP contribution is 2.30. The lowest BCUT2D eigenvalue weighted by molar-refractivity contribution is -0.205. The number of allylic oxidation sites excluding steroid dienone is 2. The van der Waals surface area contributed by atoms with Gasteiger partial charge in [0.25, 0.3) is 0 Å². The number of halogens is 1. The molecule has 0 aromatic rings. The van der Waals surface area contributed by atoms with Crippen LogP contribution in [0.1, 0.15) is 71.6 Å². The molecule has 2 rings (SSSR count). The minimum absolute atomic E-state index is 0.229. The molecule has 2 aliphatic heterocycles. The van der Waals surface area contributed by atoms with Crippen LogP contribution in [-0.4, -0.2) is 81.3 Å². The molecule has 3 unspecified atom stereocenters. The molecule has 7 nitrogen and oxygen atoms in total. The minimum atomic E-state index is -1.38. The summed E-state index contributed by atoms with van der Waals surface area (Å²) < 4.78 is 5.84. The van der Waals surface area contributed by atoms with E-state index < -0.39 is 47.3 Å². The van der Waals surface area contributed by atoms with Gasteiger partial charge >= 0.3 is 0 Å². The summed E-state index contributed by atoms with van der Waals surface area (Å²) in [6.45, 7) is 4.63. The Morgan fingerprint density at radius 2 is 1.94 bits per heavy atom. The molecule has 0 aromatic carbocycles. The predicted octanol–water partition coefficient (Wildman–Crippen LogP) is 3.25. The second kappa shape index (κ2) is 16.3. The summed E-state index contributed by atoms with van der Waals surface area (Å²) >= 11 is 7.61. The van der Waals surface area contributed by atoms with Crippen molar-refractivity contribution in [3.63, 3.8) is 0 Å². The molecule has 1 amide bonds. The molecular weight excluding hydrogens is 488 g/mol. The average molecular weight is 533 g/mol. The fourth-order valence-electron chi connectivity index (χ4n) is 4.56. The van der Waals surface area contributed by atoms with Gasteiger partial charge in [0.2, 0.25) is 5.91 Å². The zero-order valence-electron chi connectivity index (χ0n) is 21.4. The Morgan fingerprint density at radius 1 is 1.23 bits per heavy atom. The quantitative estimate of drug-likeness (QED) is 0.183. The fourth-order valence-corrected chi connectivity index (χ4v) is 5.45. The van der Waals surface area contributed by atoms with Gasteiger partial charge in [-0.05, 0) is 45.4 Å². The monoisotopic (exact) mass is 532 g/mol. The third-order valence-electron chi connectivity index (χ3n) is 6.79. The van der Waals surface area contributed by atoms with E-state index in [1.165, 1.54) is 55.9 Å². The van der Waals surface area contributed by atoms with E-state index in [1.54, 1.807) is 13.2 Å². The molecule has 2 aliphatic rings. The van der Waals surface area contributed by atoms with E-state index in [9.17, 15) is 20.1 Å². The summed E-state index contributed by atoms with van der Waals surface area (Å²) in [5, 5.41) is 36.6. The molecule has 0 radical (unpaired) electrons. The lowest BCUT2D eigenvalue weighted by Crippen LogP contribution is -2.65. The van der Waals surface area contributed by atoms with Crippen LogP contribution < -0.4 is 10.6 Å². The molecule has 9 heteroatoms. The molecule has 0 aliphatic carbocycles. The zero-order valence-corrected chi connectivity index (χ0v) is 22.9. The molecule has 0 bridgehead atoms. The normalized spacial score (nSPS) is 31.6. The van der Waals surface area contributed by atoms with Crippen LogP contribution in [0.5, 0.6) is 0 Å². The molecular formula is C26H45ClN2O5S. The maximum atomic E-state index is 13.1. The highest BCUT2D eigenvalue weighted by Gasteiger charge is 2.48. The number of rotatable bonds is 13. The summed E-state index contributed by atoms with van der Waals surface area (Å²) in [6, 6.07) is -1.16. The van der Waals surface area contributed by atoms with Crippen molar-refractivity contribution < 1.29 is 24.9 Å². The molecule has 1 saturated heterocycles. The SMILES string of the molecule is CCCCCCCC/C=C/C1=CC[C@@H](C(=O)N[C@H]([C@H](C)Cl)[C@H]2OC(SC)[C@H](O)C(O)C2O)NCC1. The first-order chi connectivity index (χ1) is 16.8. The van der Waals surface area contributed by atoms with E-state index in [1.807, 2.05) is 0 Å². The Morgan fingerprint density at radius 3 is 2.63 bits per heavy atom. The molecule has 1 fully saturated rings. The Hall–Kier alpha value is -0.610. The van der Waals surface area contributed by atoms with Gasteiger partial charge in [-0.2, -0.15) is 0 Å². The van der Waals surface area contributed by atoms with Gasteiger partial charge < -0.3 is 30.7 Å². The number of aliphatic hydroxyl groups is 3. The smallest absolute Gasteiger partial charge is 0.237 e. The van der Waals surface area contributed by atoms with Gasteiger partial charge in [-0.25, -0.2) is 0 Å². The lowest BCUT2D eigenvalue weighted by Gasteiger charge is -2.44. The molecule has 35 heavy (non-hydrogen) atoms. The van der Waals surface area contributed by atoms with E-state index in [0.29, 0.717) is 13.0 Å². The summed E-state index contributed by atoms with van der Waals surface area (Å²) in [4.78, 5) is 13.1. The van der Waals surface area contributed by atoms with Crippen molar-refractivity contribution in [1.82, 2.24) is 10.6 Å². The van der Waals surface area contributed by atoms with Crippen LogP contribution in [0.4, 0.5) is 0 Å². The van der Waals surface area contributed by atoms with Gasteiger partial charge in [0.15, 0.2) is 0 Å². The maximum Gasteiger partial charge on any atom is 0.237 e. The van der Waals surface area contributed by atoms with Crippen LogP contribution in [-0.2, 0) is 9.53 Å². The van der Waals surface area contributed by atoms with E-state index in [-0.39, 0.29) is 5.91 Å². The number of amides is 1. The molecule has 2 heterocycles. The van der Waals surface area contributed by atoms with Crippen LogP contribution >= 0.6 is 23.4 Å². The fraction of sp³-hybridized carbons (Fsp3) is 0.808. The number of aliphatic hydroxyl groups excluding tert-OH is 3. The Bertz CT molecular complexity index is 691. The largest absolute Gasteiger partial charge is 0.388 e. The first-order valence-electron chi connectivity index (χ1n) is 13.1. The topological polar surface area (TPSA) is 111 Å². The van der Waals surface area contributed by atoms with E-state index in [0.717, 1.165) is 12.8 Å². The molecule has 8 atom stereocenters. The number of hydrogen-bond donors (Lipinski definition) is 5. The summed E-state index contributed by atoms with van der Waals surface area (Å²) in [5.41, 5.74) is 0.504. The number of carbonyl (C=O) groups excluding carboxylic acids is 1. The molecule has 0 spiro atoms. The minimum Gasteiger partial charge on any atom is -0.388 e. The van der Waals surface area contributed by atoms with Gasteiger partial charge in [0.1, 0.15) is 29.9 Å². The third-order valence-corrected chi connectivity index (χ3v) is 7.92. The number of thioether (sulfide) groups is 1. The van der Waals surface area contributed by atoms with Gasteiger partial charge in [0, 0.05) is 0 Å². The number of ether oxygens (including phenoxy) is 1. The second-order valence-electron chi connectivity index (χ2n) is 9.62. The number of carbonyl (C=O) groups is 1. The van der Waals surface area contributed by atoms with Crippen molar-refractivity contribution in [2.75, 3.05) is 12.8 Å². The van der Waals surface area contributed by atoms with E-state index >= 15 is 0 Å². The first kappa shape index (κ1) is 30.6. The number of hydrogen-bond acceptors (Lipinski definition) is 7. The first-order valence-corrected chi connectivity index (χ1v) is 14.8. The molecule has 0 saturated carbocycles. The van der Waals surface area contributed by atoms with Crippen molar-refractivity contribution >= 4 is 29.3 Å². The number of alkyl halides is 1. The number of nitrogens with one attached hydrogen (secondary N) is 2. The highest BCUT2D eigenvalue weighted by molar-refractivity contribution is 7.99. The highest BCUT2D eigenvalue weighted by atomic mass is 35.5. The van der Waals surface area contributed by atoms with Gasteiger partial charge in [-0.3, -0.25) is 4.79 Å². The van der Waals surface area contributed by atoms with Crippen molar-refractivity contribution in [2.45, 2.75) is 119 Å². The third kappa shape index (κ3) is 9.65. The number of unbranched alkanes of at least 4 members (excludes halogenated alkanes) is 6. The summed E-state index contributed by atoms with van der Waals surface area (Å²) in [6.07, 6.45) is 13.6. The molecule has 0 aromatic heterocycles. The van der Waals surface area contributed by atoms with Gasteiger partial charge in [-0.1, -0.05) is 62.8 Å². The Labute approximate surface area is 220 Å². The van der Waals surface area contributed by atoms with Crippen LogP contribution in [0.15, 0.2) is 23.8 Å².